The minimum atomic E-state index is -0.540. The lowest BCUT2D eigenvalue weighted by molar-refractivity contribution is -0.123. The van der Waals surface area contributed by atoms with Crippen LogP contribution in [0.3, 0.4) is 0 Å². The fourth-order valence-electron chi connectivity index (χ4n) is 2.07. The van der Waals surface area contributed by atoms with Crippen molar-refractivity contribution in [2.75, 3.05) is 6.54 Å². The summed E-state index contributed by atoms with van der Waals surface area (Å²) in [7, 11) is 0. The molecule has 1 aliphatic heterocycles. The maximum Gasteiger partial charge on any atom is 0.259 e. The summed E-state index contributed by atoms with van der Waals surface area (Å²) < 4.78 is 4.87. The minimum Gasteiger partial charge on any atom is -0.452 e. The molecule has 1 unspecified atom stereocenters. The van der Waals surface area contributed by atoms with Crippen LogP contribution >= 0.6 is 11.6 Å². The quantitative estimate of drug-likeness (QED) is 0.869. The van der Waals surface area contributed by atoms with Crippen molar-refractivity contribution in [3.05, 3.63) is 23.1 Å². The Morgan fingerprint density at radius 3 is 2.82 bits per heavy atom. The number of likely N-dealkylation sites (tertiary alicyclic amines) is 1. The molecule has 2 N–H and O–H groups in total. The van der Waals surface area contributed by atoms with Gasteiger partial charge in [-0.05, 0) is 36.9 Å². The molecule has 0 radical (unpaired) electrons. The molecule has 2 rings (SSSR count). The van der Waals surface area contributed by atoms with E-state index in [9.17, 15) is 9.59 Å². The Hall–Kier alpha value is -1.49. The van der Waals surface area contributed by atoms with Crippen molar-refractivity contribution in [3.63, 3.8) is 0 Å². The van der Waals surface area contributed by atoms with Crippen LogP contribution in [0.15, 0.2) is 16.7 Å². The number of amides is 2. The molecule has 1 aliphatic rings. The molecule has 1 aromatic rings. The Bertz CT molecular complexity index is 444. The number of rotatable bonds is 2. The highest BCUT2D eigenvalue weighted by atomic mass is 35.5. The first-order valence-corrected chi connectivity index (χ1v) is 5.82. The molecule has 0 spiro atoms. The Balaban J connectivity index is 2.23. The van der Waals surface area contributed by atoms with Gasteiger partial charge in [0.05, 0.1) is 11.8 Å². The van der Waals surface area contributed by atoms with E-state index in [2.05, 4.69) is 0 Å². The molecule has 1 fully saturated rings. The average molecular weight is 257 g/mol. The molecule has 0 aromatic carbocycles. The predicted octanol–water partition coefficient (Wildman–Crippen LogP) is 1.41. The van der Waals surface area contributed by atoms with E-state index >= 15 is 0 Å². The molecule has 1 saturated heterocycles. The third kappa shape index (κ3) is 2.29. The van der Waals surface area contributed by atoms with Gasteiger partial charge >= 0.3 is 0 Å². The molecule has 92 valence electrons. The van der Waals surface area contributed by atoms with Gasteiger partial charge in [0.1, 0.15) is 6.04 Å². The number of piperidine rings is 1. The number of carbonyl (C=O) groups is 2. The maximum atomic E-state index is 12.2. The van der Waals surface area contributed by atoms with Gasteiger partial charge in [-0.2, -0.15) is 0 Å². The lowest BCUT2D eigenvalue weighted by Gasteiger charge is -2.33. The molecule has 0 saturated carbocycles. The van der Waals surface area contributed by atoms with Crippen molar-refractivity contribution in [2.24, 2.45) is 5.73 Å². The van der Waals surface area contributed by atoms with Crippen molar-refractivity contribution >= 4 is 23.4 Å². The Morgan fingerprint density at radius 2 is 2.24 bits per heavy atom. The van der Waals surface area contributed by atoms with Crippen LogP contribution in [0.5, 0.6) is 0 Å². The summed E-state index contributed by atoms with van der Waals surface area (Å²) in [6, 6.07) is 0.958. The number of carbonyl (C=O) groups excluding carboxylic acids is 2. The highest BCUT2D eigenvalue weighted by Gasteiger charge is 2.32. The molecule has 0 aliphatic carbocycles. The lowest BCUT2D eigenvalue weighted by Crippen LogP contribution is -2.50. The van der Waals surface area contributed by atoms with E-state index < -0.39 is 11.9 Å². The molecule has 1 aromatic heterocycles. The molecule has 6 heteroatoms. The van der Waals surface area contributed by atoms with E-state index in [1.807, 2.05) is 0 Å². The van der Waals surface area contributed by atoms with Gasteiger partial charge in [-0.1, -0.05) is 0 Å². The summed E-state index contributed by atoms with van der Waals surface area (Å²) in [5, 5.41) is 0.0452. The topological polar surface area (TPSA) is 76.5 Å². The number of hydrogen-bond donors (Lipinski definition) is 1. The van der Waals surface area contributed by atoms with Gasteiger partial charge in [0.25, 0.3) is 5.91 Å². The van der Waals surface area contributed by atoms with Gasteiger partial charge in [-0.25, -0.2) is 0 Å². The normalized spacial score (nSPS) is 20.3. The number of furan rings is 1. The Labute approximate surface area is 104 Å². The van der Waals surface area contributed by atoms with Crippen molar-refractivity contribution < 1.29 is 14.0 Å². The molecule has 5 nitrogen and oxygen atoms in total. The number of nitrogens with zero attached hydrogens (tertiary/aromatic N) is 1. The van der Waals surface area contributed by atoms with Gasteiger partial charge in [0.15, 0.2) is 0 Å². The fraction of sp³-hybridized carbons (Fsp3) is 0.455. The van der Waals surface area contributed by atoms with Crippen molar-refractivity contribution in [1.29, 1.82) is 0 Å². The van der Waals surface area contributed by atoms with E-state index in [0.717, 1.165) is 12.8 Å². The van der Waals surface area contributed by atoms with Crippen molar-refractivity contribution in [2.45, 2.75) is 25.3 Å². The first kappa shape index (κ1) is 12.0. The summed E-state index contributed by atoms with van der Waals surface area (Å²) in [6.45, 7) is 0.522. The van der Waals surface area contributed by atoms with Gasteiger partial charge in [-0.3, -0.25) is 9.59 Å². The number of halogens is 1. The molecule has 17 heavy (non-hydrogen) atoms. The summed E-state index contributed by atoms with van der Waals surface area (Å²) in [5.41, 5.74) is 5.58. The van der Waals surface area contributed by atoms with Crippen LogP contribution in [-0.4, -0.2) is 29.3 Å². The third-order valence-electron chi connectivity index (χ3n) is 2.94. The van der Waals surface area contributed by atoms with Crippen LogP contribution in [0.25, 0.3) is 0 Å². The van der Waals surface area contributed by atoms with Crippen LogP contribution in [0, 0.1) is 0 Å². The standard InChI is InChI=1S/C11H13ClN2O3/c12-9-7(4-6-17-9)11(16)14-5-2-1-3-8(14)10(13)15/h4,6,8H,1-3,5H2,(H2,13,15). The highest BCUT2D eigenvalue weighted by Crippen LogP contribution is 2.23. The third-order valence-corrected chi connectivity index (χ3v) is 3.23. The first-order valence-electron chi connectivity index (χ1n) is 5.44. The maximum absolute atomic E-state index is 12.2. The van der Waals surface area contributed by atoms with E-state index in [-0.39, 0.29) is 16.7 Å². The largest absolute Gasteiger partial charge is 0.452 e. The van der Waals surface area contributed by atoms with Crippen LogP contribution in [0.2, 0.25) is 5.22 Å². The van der Waals surface area contributed by atoms with Crippen LogP contribution in [0.4, 0.5) is 0 Å². The lowest BCUT2D eigenvalue weighted by atomic mass is 10.0. The van der Waals surface area contributed by atoms with Crippen LogP contribution < -0.4 is 5.73 Å². The molecule has 2 heterocycles. The number of nitrogens with two attached hydrogens (primary N) is 1. The van der Waals surface area contributed by atoms with Gasteiger partial charge in [0, 0.05) is 6.54 Å². The highest BCUT2D eigenvalue weighted by molar-refractivity contribution is 6.32. The smallest absolute Gasteiger partial charge is 0.259 e. The molecule has 1 atom stereocenters. The molecule has 0 bridgehead atoms. The first-order chi connectivity index (χ1) is 8.11. The second-order valence-electron chi connectivity index (χ2n) is 4.02. The zero-order valence-electron chi connectivity index (χ0n) is 9.19. The van der Waals surface area contributed by atoms with Crippen molar-refractivity contribution in [3.8, 4) is 0 Å². The van der Waals surface area contributed by atoms with Crippen LogP contribution in [-0.2, 0) is 4.79 Å². The van der Waals surface area contributed by atoms with E-state index in [1.54, 1.807) is 0 Å². The summed E-state index contributed by atoms with van der Waals surface area (Å²) in [5.74, 6) is -0.773. The summed E-state index contributed by atoms with van der Waals surface area (Å²) in [6.07, 6.45) is 3.72. The van der Waals surface area contributed by atoms with Gasteiger partial charge in [0.2, 0.25) is 11.1 Å². The number of primary amides is 1. The minimum absolute atomic E-state index is 0.0452. The predicted molar refractivity (Wildman–Crippen MR) is 61.6 cm³/mol. The zero-order valence-corrected chi connectivity index (χ0v) is 9.94. The molecular formula is C11H13ClN2O3. The van der Waals surface area contributed by atoms with Gasteiger partial charge < -0.3 is 15.1 Å². The fourth-order valence-corrected chi connectivity index (χ4v) is 2.27. The van der Waals surface area contributed by atoms with E-state index in [0.29, 0.717) is 13.0 Å². The SMILES string of the molecule is NC(=O)C1CCCCN1C(=O)c1ccoc1Cl. The van der Waals surface area contributed by atoms with Crippen LogP contribution in [0.1, 0.15) is 29.6 Å². The molecular weight excluding hydrogens is 244 g/mol. The van der Waals surface area contributed by atoms with Crippen molar-refractivity contribution in [1.82, 2.24) is 4.90 Å². The Morgan fingerprint density at radius 1 is 1.47 bits per heavy atom. The molecule has 2 amide bonds. The van der Waals surface area contributed by atoms with E-state index in [1.165, 1.54) is 17.2 Å². The van der Waals surface area contributed by atoms with Gasteiger partial charge in [-0.15, -0.1) is 0 Å². The summed E-state index contributed by atoms with van der Waals surface area (Å²) >= 11 is 5.75. The average Bonchev–Trinajstić information content (AvgIpc) is 2.74. The monoisotopic (exact) mass is 256 g/mol. The second-order valence-corrected chi connectivity index (χ2v) is 4.36. The summed E-state index contributed by atoms with van der Waals surface area (Å²) in [4.78, 5) is 24.9. The second kappa shape index (κ2) is 4.79. The number of hydrogen-bond acceptors (Lipinski definition) is 3. The Kier molecular flexibility index (Phi) is 3.38. The van der Waals surface area contributed by atoms with E-state index in [4.69, 9.17) is 21.8 Å². The zero-order chi connectivity index (χ0) is 12.4.